The Morgan fingerprint density at radius 2 is 1.68 bits per heavy atom. The first-order valence-corrected chi connectivity index (χ1v) is 6.75. The number of rotatable bonds is 2. The van der Waals surface area contributed by atoms with Gasteiger partial charge in [-0.15, -0.1) is 0 Å². The van der Waals surface area contributed by atoms with E-state index in [-0.39, 0.29) is 6.04 Å². The van der Waals surface area contributed by atoms with E-state index in [2.05, 4.69) is 42.2 Å². The second-order valence-electron chi connectivity index (χ2n) is 5.41. The molecule has 2 nitrogen and oxygen atoms in total. The van der Waals surface area contributed by atoms with Gasteiger partial charge in [-0.3, -0.25) is 4.90 Å². The highest BCUT2D eigenvalue weighted by atomic mass is 16.3. The van der Waals surface area contributed by atoms with Crippen molar-refractivity contribution in [1.29, 1.82) is 0 Å². The third-order valence-electron chi connectivity index (χ3n) is 4.05. The number of aryl methyl sites for hydroxylation is 1. The zero-order chi connectivity index (χ0) is 13.4. The molecule has 2 aromatic carbocycles. The molecule has 0 fully saturated rings. The van der Waals surface area contributed by atoms with Crippen molar-refractivity contribution in [2.75, 3.05) is 0 Å². The minimum Gasteiger partial charge on any atom is -0.508 e. The quantitative estimate of drug-likeness (QED) is 0.880. The second-order valence-corrected chi connectivity index (χ2v) is 5.41. The van der Waals surface area contributed by atoms with Crippen LogP contribution >= 0.6 is 0 Å². The molecule has 1 aliphatic heterocycles. The van der Waals surface area contributed by atoms with E-state index in [4.69, 9.17) is 0 Å². The molecule has 19 heavy (non-hydrogen) atoms. The smallest absolute Gasteiger partial charge is 0.120 e. The van der Waals surface area contributed by atoms with Crippen LogP contribution in [0.25, 0.3) is 0 Å². The molecule has 0 aliphatic carbocycles. The summed E-state index contributed by atoms with van der Waals surface area (Å²) in [6.07, 6.45) is 0. The number of fused-ring (bicyclic) bond motifs is 1. The maximum Gasteiger partial charge on any atom is 0.120 e. The van der Waals surface area contributed by atoms with Gasteiger partial charge in [0, 0.05) is 24.7 Å². The standard InChI is InChI=1S/C17H19NO/c1-12-7-8-16(17(19)9-12)13(2)18-10-14-5-3-4-6-15(14)11-18/h3-9,13,19H,10-11H2,1-2H3. The van der Waals surface area contributed by atoms with Crippen LogP contribution in [0.3, 0.4) is 0 Å². The predicted octanol–water partition coefficient (Wildman–Crippen LogP) is 3.78. The van der Waals surface area contributed by atoms with Crippen molar-refractivity contribution in [1.82, 2.24) is 4.90 Å². The molecule has 1 heterocycles. The van der Waals surface area contributed by atoms with Gasteiger partial charge in [-0.25, -0.2) is 0 Å². The van der Waals surface area contributed by atoms with Crippen LogP contribution < -0.4 is 0 Å². The summed E-state index contributed by atoms with van der Waals surface area (Å²) in [6.45, 7) is 6.09. The lowest BCUT2D eigenvalue weighted by Crippen LogP contribution is -2.20. The Morgan fingerprint density at radius 1 is 1.05 bits per heavy atom. The Morgan fingerprint density at radius 3 is 2.26 bits per heavy atom. The Hall–Kier alpha value is -1.80. The maximum absolute atomic E-state index is 10.1. The van der Waals surface area contributed by atoms with Gasteiger partial charge in [-0.1, -0.05) is 36.4 Å². The molecule has 0 saturated carbocycles. The molecule has 1 aliphatic rings. The molecular formula is C17H19NO. The number of hydrogen-bond donors (Lipinski definition) is 1. The average molecular weight is 253 g/mol. The van der Waals surface area contributed by atoms with E-state index in [1.54, 1.807) is 0 Å². The largest absolute Gasteiger partial charge is 0.508 e. The second kappa shape index (κ2) is 4.71. The maximum atomic E-state index is 10.1. The molecule has 1 unspecified atom stereocenters. The van der Waals surface area contributed by atoms with Gasteiger partial charge < -0.3 is 5.11 Å². The number of nitrogens with zero attached hydrogens (tertiary/aromatic N) is 1. The Balaban J connectivity index is 1.85. The van der Waals surface area contributed by atoms with Crippen molar-refractivity contribution in [3.05, 3.63) is 64.7 Å². The Bertz CT molecular complexity index is 581. The van der Waals surface area contributed by atoms with Gasteiger partial charge in [-0.2, -0.15) is 0 Å². The number of benzene rings is 2. The van der Waals surface area contributed by atoms with E-state index in [0.29, 0.717) is 5.75 Å². The van der Waals surface area contributed by atoms with E-state index < -0.39 is 0 Å². The van der Waals surface area contributed by atoms with Crippen LogP contribution in [0.2, 0.25) is 0 Å². The number of phenolic OH excluding ortho intramolecular Hbond substituents is 1. The zero-order valence-corrected chi connectivity index (χ0v) is 11.4. The molecule has 1 atom stereocenters. The molecule has 1 N–H and O–H groups in total. The van der Waals surface area contributed by atoms with E-state index in [1.165, 1.54) is 11.1 Å². The zero-order valence-electron chi connectivity index (χ0n) is 11.4. The van der Waals surface area contributed by atoms with Gasteiger partial charge >= 0.3 is 0 Å². The predicted molar refractivity (Wildman–Crippen MR) is 76.9 cm³/mol. The molecule has 0 aromatic heterocycles. The lowest BCUT2D eigenvalue weighted by atomic mass is 10.0. The molecule has 0 radical (unpaired) electrons. The van der Waals surface area contributed by atoms with E-state index >= 15 is 0 Å². The van der Waals surface area contributed by atoms with E-state index in [9.17, 15) is 5.11 Å². The molecule has 0 saturated heterocycles. The minimum atomic E-state index is 0.230. The van der Waals surface area contributed by atoms with Crippen molar-refractivity contribution >= 4 is 0 Å². The Labute approximate surface area is 114 Å². The molecule has 0 spiro atoms. The molecule has 2 aromatic rings. The highest BCUT2D eigenvalue weighted by Crippen LogP contribution is 2.34. The van der Waals surface area contributed by atoms with Crippen LogP contribution in [0, 0.1) is 6.92 Å². The van der Waals surface area contributed by atoms with Crippen molar-refractivity contribution in [3.8, 4) is 5.75 Å². The molecular weight excluding hydrogens is 234 g/mol. The summed E-state index contributed by atoms with van der Waals surface area (Å²) in [5, 5.41) is 10.1. The first-order chi connectivity index (χ1) is 9.15. The molecule has 0 amide bonds. The SMILES string of the molecule is Cc1ccc(C(C)N2Cc3ccccc3C2)c(O)c1. The number of aromatic hydroxyl groups is 1. The summed E-state index contributed by atoms with van der Waals surface area (Å²) in [4.78, 5) is 2.40. The van der Waals surface area contributed by atoms with Crippen LogP contribution in [-0.4, -0.2) is 10.0 Å². The summed E-state index contributed by atoms with van der Waals surface area (Å²) in [5.41, 5.74) is 4.92. The number of phenols is 1. The van der Waals surface area contributed by atoms with Gasteiger partial charge in [0.2, 0.25) is 0 Å². The van der Waals surface area contributed by atoms with E-state index in [1.807, 2.05) is 19.1 Å². The van der Waals surface area contributed by atoms with Crippen molar-refractivity contribution in [2.24, 2.45) is 0 Å². The fourth-order valence-corrected chi connectivity index (χ4v) is 2.84. The van der Waals surface area contributed by atoms with Crippen LogP contribution in [-0.2, 0) is 13.1 Å². The van der Waals surface area contributed by atoms with Crippen molar-refractivity contribution in [2.45, 2.75) is 33.0 Å². The molecule has 0 bridgehead atoms. The first-order valence-electron chi connectivity index (χ1n) is 6.75. The first kappa shape index (κ1) is 12.2. The average Bonchev–Trinajstić information content (AvgIpc) is 2.81. The molecule has 3 rings (SSSR count). The van der Waals surface area contributed by atoms with Crippen LogP contribution in [0.4, 0.5) is 0 Å². The normalized spacial score (nSPS) is 16.3. The van der Waals surface area contributed by atoms with Crippen LogP contribution in [0.5, 0.6) is 5.75 Å². The summed E-state index contributed by atoms with van der Waals surface area (Å²) in [5.74, 6) is 0.406. The summed E-state index contributed by atoms with van der Waals surface area (Å²) < 4.78 is 0. The molecule has 98 valence electrons. The van der Waals surface area contributed by atoms with Crippen molar-refractivity contribution < 1.29 is 5.11 Å². The third-order valence-corrected chi connectivity index (χ3v) is 4.05. The topological polar surface area (TPSA) is 23.5 Å². The number of hydrogen-bond acceptors (Lipinski definition) is 2. The van der Waals surface area contributed by atoms with Gasteiger partial charge in [0.1, 0.15) is 5.75 Å². The fraction of sp³-hybridized carbons (Fsp3) is 0.294. The Kier molecular flexibility index (Phi) is 3.03. The van der Waals surface area contributed by atoms with Crippen molar-refractivity contribution in [3.63, 3.8) is 0 Å². The third kappa shape index (κ3) is 2.24. The molecule has 2 heteroatoms. The van der Waals surface area contributed by atoms with Gasteiger partial charge in [0.15, 0.2) is 0 Å². The van der Waals surface area contributed by atoms with Gasteiger partial charge in [0.05, 0.1) is 0 Å². The summed E-state index contributed by atoms with van der Waals surface area (Å²) in [7, 11) is 0. The highest BCUT2D eigenvalue weighted by Gasteiger charge is 2.25. The summed E-state index contributed by atoms with van der Waals surface area (Å²) in [6, 6.07) is 14.7. The lowest BCUT2D eigenvalue weighted by molar-refractivity contribution is 0.211. The van der Waals surface area contributed by atoms with Gasteiger partial charge in [-0.05, 0) is 36.6 Å². The lowest BCUT2D eigenvalue weighted by Gasteiger charge is -2.25. The van der Waals surface area contributed by atoms with Crippen LogP contribution in [0.15, 0.2) is 42.5 Å². The van der Waals surface area contributed by atoms with Gasteiger partial charge in [0.25, 0.3) is 0 Å². The fourth-order valence-electron chi connectivity index (χ4n) is 2.84. The highest BCUT2D eigenvalue weighted by molar-refractivity contribution is 5.39. The van der Waals surface area contributed by atoms with E-state index in [0.717, 1.165) is 24.2 Å². The monoisotopic (exact) mass is 253 g/mol. The summed E-state index contributed by atoms with van der Waals surface area (Å²) >= 11 is 0. The minimum absolute atomic E-state index is 0.230. The van der Waals surface area contributed by atoms with Crippen LogP contribution in [0.1, 0.15) is 35.2 Å².